The second-order valence-corrected chi connectivity index (χ2v) is 27.4. The fourth-order valence-corrected chi connectivity index (χ4v) is 12.1. The lowest BCUT2D eigenvalue weighted by atomic mass is 9.97. The summed E-state index contributed by atoms with van der Waals surface area (Å²) in [6, 6.07) is -0.956. The average Bonchev–Trinajstić information content (AvgIpc) is 0.790. The van der Waals surface area contributed by atoms with E-state index in [0.29, 0.717) is 12.8 Å². The van der Waals surface area contributed by atoms with Crippen molar-refractivity contribution in [3.05, 3.63) is 158 Å². The molecule has 1 amide bonds. The number of ether oxygens (including phenoxy) is 4. The van der Waals surface area contributed by atoms with Gasteiger partial charge < -0.3 is 65.1 Å². The summed E-state index contributed by atoms with van der Waals surface area (Å²) in [7, 11) is 0. The Morgan fingerprint density at radius 3 is 1.09 bits per heavy atom. The molecule has 576 valence electrons. The van der Waals surface area contributed by atoms with Crippen LogP contribution in [0.3, 0.4) is 0 Å². The van der Waals surface area contributed by atoms with Crippen molar-refractivity contribution >= 4 is 5.91 Å². The van der Waals surface area contributed by atoms with Gasteiger partial charge in [0.2, 0.25) is 5.91 Å². The van der Waals surface area contributed by atoms with Crippen molar-refractivity contribution in [1.82, 2.24) is 5.32 Å². The van der Waals surface area contributed by atoms with Crippen LogP contribution in [0.2, 0.25) is 0 Å². The monoisotopic (exact) mass is 1410 g/mol. The van der Waals surface area contributed by atoms with Gasteiger partial charge in [0.1, 0.15) is 48.8 Å². The van der Waals surface area contributed by atoms with Crippen molar-refractivity contribution in [3.8, 4) is 0 Å². The standard InChI is InChI=1S/C87H145NO13/c1-3-5-7-9-11-13-15-17-19-21-23-25-27-29-31-33-34-35-36-37-38-39-40-41-42-43-45-47-49-51-53-55-57-59-61-63-65-67-69-71-79(92)88-75(74-98-86-84(97)82(95)85(78(73-90)100-86)101-87-83(96)81(94)80(93)77(72-89)99-87)76(91)70-68-66-64-62-60-58-56-54-52-50-48-46-44-32-30-28-26-24-22-20-18-16-14-12-10-8-6-4-2/h5,7,11,13,17,19,23,25,29,31,34-35,37-38,40-41,43,45,49,51-52,54,60,62,68,70,75-78,80-87,89-91,93-97H,3-4,6,8-10,12,14-16,18,20-22,24,26-28,30,32-33,36,39,42,44,46-48,50,53,55-59,61,63-67,69,71-74H2,1-2H3,(H,88,92)/b7-5-,13-11-,19-17-,25-23-,31-29-,35-34-,38-37-,41-40-,45-43-,51-49-,54-52+,62-60+,70-68+. The smallest absolute Gasteiger partial charge is 0.220 e. The fourth-order valence-electron chi connectivity index (χ4n) is 12.1. The van der Waals surface area contributed by atoms with Crippen LogP contribution in [-0.4, -0.2) is 140 Å². The molecule has 0 saturated carbocycles. The van der Waals surface area contributed by atoms with E-state index >= 15 is 0 Å². The molecule has 2 aliphatic heterocycles. The van der Waals surface area contributed by atoms with Crippen LogP contribution in [0.5, 0.6) is 0 Å². The van der Waals surface area contributed by atoms with Gasteiger partial charge in [-0.3, -0.25) is 4.79 Å². The summed E-state index contributed by atoms with van der Waals surface area (Å²) in [4.78, 5) is 13.4. The van der Waals surface area contributed by atoms with E-state index in [1.165, 1.54) is 135 Å². The summed E-state index contributed by atoms with van der Waals surface area (Å²) in [5.41, 5.74) is 0. The molecule has 2 fully saturated rings. The number of aliphatic hydroxyl groups is 8. The molecule has 0 aliphatic carbocycles. The van der Waals surface area contributed by atoms with Gasteiger partial charge in [0.05, 0.1) is 32.0 Å². The zero-order valence-electron chi connectivity index (χ0n) is 63.1. The number of amides is 1. The van der Waals surface area contributed by atoms with Crippen molar-refractivity contribution in [2.75, 3.05) is 19.8 Å². The lowest BCUT2D eigenvalue weighted by molar-refractivity contribution is -0.359. The normalized spacial score (nSPS) is 22.6. The number of carbonyl (C=O) groups is 1. The second kappa shape index (κ2) is 68.7. The maximum Gasteiger partial charge on any atom is 0.220 e. The highest BCUT2D eigenvalue weighted by atomic mass is 16.7. The maximum absolute atomic E-state index is 13.4. The van der Waals surface area contributed by atoms with Crippen LogP contribution in [-0.2, 0) is 23.7 Å². The number of hydrogen-bond acceptors (Lipinski definition) is 13. The highest BCUT2D eigenvalue weighted by molar-refractivity contribution is 5.76. The van der Waals surface area contributed by atoms with Crippen LogP contribution in [0, 0.1) is 0 Å². The van der Waals surface area contributed by atoms with E-state index in [2.05, 4.69) is 165 Å². The van der Waals surface area contributed by atoms with Gasteiger partial charge in [-0.05, 0) is 122 Å². The summed E-state index contributed by atoms with van der Waals surface area (Å²) in [6.45, 7) is 2.67. The van der Waals surface area contributed by atoms with Gasteiger partial charge in [-0.15, -0.1) is 0 Å². The first-order valence-corrected chi connectivity index (χ1v) is 40.2. The van der Waals surface area contributed by atoms with Crippen molar-refractivity contribution < 1.29 is 64.6 Å². The van der Waals surface area contributed by atoms with Crippen LogP contribution >= 0.6 is 0 Å². The molecule has 14 nitrogen and oxygen atoms in total. The van der Waals surface area contributed by atoms with E-state index in [-0.39, 0.29) is 18.9 Å². The molecule has 2 aliphatic rings. The van der Waals surface area contributed by atoms with Crippen LogP contribution in [0.1, 0.15) is 290 Å². The number of unbranched alkanes of at least 4 members (excludes halogenated alkanes) is 28. The Labute approximate surface area is 614 Å². The number of rotatable bonds is 65. The molecule has 12 atom stereocenters. The van der Waals surface area contributed by atoms with Gasteiger partial charge in [0.15, 0.2) is 12.6 Å². The third-order valence-corrected chi connectivity index (χ3v) is 18.4. The Morgan fingerprint density at radius 1 is 0.366 bits per heavy atom. The Kier molecular flexibility index (Phi) is 63.1. The molecule has 9 N–H and O–H groups in total. The fraction of sp³-hybridized carbons (Fsp3) is 0.690. The predicted octanol–water partition coefficient (Wildman–Crippen LogP) is 18.5. The van der Waals surface area contributed by atoms with E-state index < -0.39 is 86.8 Å². The molecule has 2 saturated heterocycles. The molecule has 0 bridgehead atoms. The van der Waals surface area contributed by atoms with Crippen LogP contribution in [0.25, 0.3) is 0 Å². The summed E-state index contributed by atoms with van der Waals surface area (Å²) < 4.78 is 22.9. The van der Waals surface area contributed by atoms with Gasteiger partial charge in [-0.25, -0.2) is 0 Å². The zero-order chi connectivity index (χ0) is 73.0. The van der Waals surface area contributed by atoms with Gasteiger partial charge in [0, 0.05) is 6.42 Å². The molecule has 14 heteroatoms. The molecule has 2 heterocycles. The lowest BCUT2D eigenvalue weighted by Crippen LogP contribution is -2.65. The van der Waals surface area contributed by atoms with Crippen molar-refractivity contribution in [2.45, 2.75) is 364 Å². The van der Waals surface area contributed by atoms with E-state index in [0.717, 1.165) is 122 Å². The SMILES string of the molecule is CC/C=C\C/C=C\C/C=C\C/C=C\C/C=C\C/C=C\C/C=C\C/C=C\C/C=C\C/C=C\CCCCCCCCCCC(=O)NC(COC1OC(CO)C(OC2OC(CO)C(O)C(O)C2O)C(O)C1O)C(O)/C=C/CC/C=C/CC/C=C/CCCCCCCCCCCCCCCCCCCC. The van der Waals surface area contributed by atoms with Gasteiger partial charge in [0.25, 0.3) is 0 Å². The molecule has 0 spiro atoms. The third kappa shape index (κ3) is 51.4. The maximum atomic E-state index is 13.4. The van der Waals surface area contributed by atoms with Gasteiger partial charge >= 0.3 is 0 Å². The molecule has 0 aromatic carbocycles. The van der Waals surface area contributed by atoms with Crippen molar-refractivity contribution in [3.63, 3.8) is 0 Å². The summed E-state index contributed by atoms with van der Waals surface area (Å²) in [5.74, 6) is -0.266. The van der Waals surface area contributed by atoms with E-state index in [1.54, 1.807) is 6.08 Å². The minimum atomic E-state index is -1.80. The quantitative estimate of drug-likeness (QED) is 0.0204. The third-order valence-electron chi connectivity index (χ3n) is 18.4. The number of carbonyl (C=O) groups excluding carboxylic acids is 1. The van der Waals surface area contributed by atoms with Crippen molar-refractivity contribution in [2.24, 2.45) is 0 Å². The molecule has 12 unspecified atom stereocenters. The summed E-state index contributed by atoms with van der Waals surface area (Å²) in [5, 5.41) is 87.6. The van der Waals surface area contributed by atoms with E-state index in [9.17, 15) is 45.6 Å². The minimum Gasteiger partial charge on any atom is -0.394 e. The van der Waals surface area contributed by atoms with Crippen LogP contribution < -0.4 is 5.32 Å². The Bertz CT molecular complexity index is 2310. The van der Waals surface area contributed by atoms with E-state index in [4.69, 9.17) is 18.9 Å². The topological polar surface area (TPSA) is 228 Å². The molecular formula is C87H145NO13. The largest absolute Gasteiger partial charge is 0.394 e. The Balaban J connectivity index is 1.66. The summed E-state index contributed by atoms with van der Waals surface area (Å²) >= 11 is 0. The first-order valence-electron chi connectivity index (χ1n) is 40.2. The average molecular weight is 1410 g/mol. The number of nitrogens with one attached hydrogen (secondary N) is 1. The van der Waals surface area contributed by atoms with Gasteiger partial charge in [-0.1, -0.05) is 320 Å². The Hall–Kier alpha value is -4.39. The van der Waals surface area contributed by atoms with Gasteiger partial charge in [-0.2, -0.15) is 0 Å². The van der Waals surface area contributed by atoms with Crippen molar-refractivity contribution in [1.29, 1.82) is 0 Å². The zero-order valence-corrected chi connectivity index (χ0v) is 63.1. The summed E-state index contributed by atoms with van der Waals surface area (Å²) in [6.07, 6.45) is 88.8. The molecule has 0 aromatic heterocycles. The number of aliphatic hydroxyl groups excluding tert-OH is 8. The first-order chi connectivity index (χ1) is 49.6. The number of allylic oxidation sites excluding steroid dienone is 25. The predicted molar refractivity (Wildman–Crippen MR) is 419 cm³/mol. The molecule has 101 heavy (non-hydrogen) atoms. The van der Waals surface area contributed by atoms with Crippen LogP contribution in [0.15, 0.2) is 158 Å². The lowest BCUT2D eigenvalue weighted by Gasteiger charge is -2.46. The number of hydrogen-bond donors (Lipinski definition) is 9. The highest BCUT2D eigenvalue weighted by Crippen LogP contribution is 2.30. The molecule has 2 rings (SSSR count). The molecule has 0 aromatic rings. The molecular weight excluding hydrogens is 1270 g/mol. The Morgan fingerprint density at radius 2 is 0.693 bits per heavy atom. The molecule has 0 radical (unpaired) electrons. The highest BCUT2D eigenvalue weighted by Gasteiger charge is 2.51. The van der Waals surface area contributed by atoms with Crippen LogP contribution in [0.4, 0.5) is 0 Å². The minimum absolute atomic E-state index is 0.250. The van der Waals surface area contributed by atoms with E-state index in [1.807, 2.05) is 6.08 Å². The first kappa shape index (κ1) is 92.7. The second-order valence-electron chi connectivity index (χ2n) is 27.4.